The molecule has 2 aromatic rings. The standard InChI is InChI=1S/C10H14N5/c1-10(2,3)15-6-4-5-8(7-15)9-11-13-14-12-9/h4-7H,1-3H3,(H,11,12,13,14)/q+1. The van der Waals surface area contributed by atoms with E-state index in [1.807, 2.05) is 24.5 Å². The lowest BCUT2D eigenvalue weighted by Crippen LogP contribution is -2.49. The predicted molar refractivity (Wildman–Crippen MR) is 54.8 cm³/mol. The van der Waals surface area contributed by atoms with E-state index in [4.69, 9.17) is 0 Å². The first-order chi connectivity index (χ1) is 7.07. The van der Waals surface area contributed by atoms with Crippen molar-refractivity contribution in [3.63, 3.8) is 0 Å². The van der Waals surface area contributed by atoms with Crippen LogP contribution >= 0.6 is 0 Å². The Bertz CT molecular complexity index is 441. The number of rotatable bonds is 1. The van der Waals surface area contributed by atoms with Gasteiger partial charge in [-0.3, -0.25) is 0 Å². The molecule has 0 unspecified atom stereocenters. The van der Waals surface area contributed by atoms with Crippen LogP contribution in [0.15, 0.2) is 24.5 Å². The maximum absolute atomic E-state index is 3.88. The van der Waals surface area contributed by atoms with Crippen molar-refractivity contribution in [2.75, 3.05) is 0 Å². The third kappa shape index (κ3) is 2.01. The summed E-state index contributed by atoms with van der Waals surface area (Å²) in [5.41, 5.74) is 1.04. The minimum atomic E-state index is 0.0590. The molecular formula is C10H14N5+. The summed E-state index contributed by atoms with van der Waals surface area (Å²) < 4.78 is 2.13. The minimum absolute atomic E-state index is 0.0590. The fourth-order valence-corrected chi connectivity index (χ4v) is 1.31. The maximum atomic E-state index is 3.88. The third-order valence-corrected chi connectivity index (χ3v) is 2.19. The van der Waals surface area contributed by atoms with Crippen LogP contribution in [0.25, 0.3) is 11.4 Å². The molecule has 0 saturated carbocycles. The molecule has 2 aromatic heterocycles. The highest BCUT2D eigenvalue weighted by Crippen LogP contribution is 2.11. The Morgan fingerprint density at radius 3 is 2.73 bits per heavy atom. The van der Waals surface area contributed by atoms with Crippen molar-refractivity contribution in [2.45, 2.75) is 26.3 Å². The summed E-state index contributed by atoms with van der Waals surface area (Å²) >= 11 is 0. The van der Waals surface area contributed by atoms with Crippen LogP contribution in [0.3, 0.4) is 0 Å². The molecule has 0 atom stereocenters. The molecule has 0 amide bonds. The summed E-state index contributed by atoms with van der Waals surface area (Å²) in [5, 5.41) is 13.7. The van der Waals surface area contributed by atoms with E-state index < -0.39 is 0 Å². The number of nitrogens with zero attached hydrogens (tertiary/aromatic N) is 4. The van der Waals surface area contributed by atoms with Crippen LogP contribution in [0.5, 0.6) is 0 Å². The van der Waals surface area contributed by atoms with Crippen LogP contribution in [-0.2, 0) is 5.54 Å². The minimum Gasteiger partial charge on any atom is -0.239 e. The molecule has 0 aliphatic rings. The number of aromatic nitrogens is 5. The average molecular weight is 204 g/mol. The van der Waals surface area contributed by atoms with E-state index in [1.54, 1.807) is 0 Å². The molecule has 0 spiro atoms. The largest absolute Gasteiger partial charge is 0.239 e. The summed E-state index contributed by atoms with van der Waals surface area (Å²) in [4.78, 5) is 0. The Labute approximate surface area is 88.2 Å². The molecule has 1 N–H and O–H groups in total. The van der Waals surface area contributed by atoms with Gasteiger partial charge in [-0.15, -0.1) is 5.10 Å². The van der Waals surface area contributed by atoms with Crippen molar-refractivity contribution in [3.8, 4) is 11.4 Å². The Morgan fingerprint density at radius 2 is 2.13 bits per heavy atom. The Kier molecular flexibility index (Phi) is 2.22. The van der Waals surface area contributed by atoms with Crippen molar-refractivity contribution < 1.29 is 4.57 Å². The van der Waals surface area contributed by atoms with Gasteiger partial charge >= 0.3 is 0 Å². The van der Waals surface area contributed by atoms with Crippen LogP contribution in [0.1, 0.15) is 20.8 Å². The van der Waals surface area contributed by atoms with Gasteiger partial charge in [-0.05, 0) is 16.5 Å². The van der Waals surface area contributed by atoms with Gasteiger partial charge in [0.2, 0.25) is 0 Å². The molecule has 2 heterocycles. The molecule has 5 nitrogen and oxygen atoms in total. The van der Waals surface area contributed by atoms with Gasteiger partial charge in [0.25, 0.3) is 0 Å². The fraction of sp³-hybridized carbons (Fsp3) is 0.400. The van der Waals surface area contributed by atoms with E-state index >= 15 is 0 Å². The van der Waals surface area contributed by atoms with E-state index in [2.05, 4.69) is 46.0 Å². The summed E-state index contributed by atoms with van der Waals surface area (Å²) in [7, 11) is 0. The normalized spacial score (nSPS) is 11.7. The lowest BCUT2D eigenvalue weighted by atomic mass is 10.1. The second-order valence-electron chi connectivity index (χ2n) is 4.42. The zero-order valence-electron chi connectivity index (χ0n) is 9.10. The molecule has 5 heteroatoms. The van der Waals surface area contributed by atoms with Crippen molar-refractivity contribution in [1.82, 2.24) is 20.6 Å². The molecule has 78 valence electrons. The third-order valence-electron chi connectivity index (χ3n) is 2.19. The zero-order chi connectivity index (χ0) is 10.9. The van der Waals surface area contributed by atoms with Crippen molar-refractivity contribution >= 4 is 0 Å². The number of tetrazole rings is 1. The van der Waals surface area contributed by atoms with Crippen LogP contribution in [-0.4, -0.2) is 20.6 Å². The van der Waals surface area contributed by atoms with Gasteiger partial charge in [-0.1, -0.05) is 0 Å². The molecule has 0 bridgehead atoms. The Balaban J connectivity index is 2.44. The molecule has 15 heavy (non-hydrogen) atoms. The van der Waals surface area contributed by atoms with Gasteiger partial charge in [-0.25, -0.2) is 5.10 Å². The smallest absolute Gasteiger partial charge is 0.185 e. The number of H-pyrrole nitrogens is 1. The molecule has 0 saturated heterocycles. The van der Waals surface area contributed by atoms with Gasteiger partial charge in [0.1, 0.15) is 0 Å². The summed E-state index contributed by atoms with van der Waals surface area (Å²) in [6.07, 6.45) is 4.06. The van der Waals surface area contributed by atoms with E-state index in [-0.39, 0.29) is 5.54 Å². The number of hydrogen-bond acceptors (Lipinski definition) is 3. The summed E-state index contributed by atoms with van der Waals surface area (Å²) in [6, 6.07) is 3.97. The first-order valence-electron chi connectivity index (χ1n) is 4.83. The first kappa shape index (κ1) is 9.76. The van der Waals surface area contributed by atoms with E-state index in [0.29, 0.717) is 5.82 Å². The molecule has 0 aliphatic heterocycles. The van der Waals surface area contributed by atoms with E-state index in [0.717, 1.165) is 5.56 Å². The van der Waals surface area contributed by atoms with Gasteiger partial charge < -0.3 is 0 Å². The van der Waals surface area contributed by atoms with Crippen LogP contribution < -0.4 is 4.57 Å². The van der Waals surface area contributed by atoms with Crippen LogP contribution in [0, 0.1) is 0 Å². The van der Waals surface area contributed by atoms with E-state index in [9.17, 15) is 0 Å². The first-order valence-corrected chi connectivity index (χ1v) is 4.83. The molecule has 0 fully saturated rings. The van der Waals surface area contributed by atoms with E-state index in [1.165, 1.54) is 0 Å². The molecule has 0 aromatic carbocycles. The number of hydrogen-bond donors (Lipinski definition) is 1. The number of pyridine rings is 1. The highest BCUT2D eigenvalue weighted by molar-refractivity contribution is 5.50. The summed E-state index contributed by atoms with van der Waals surface area (Å²) in [5.74, 6) is 0.689. The molecule has 0 aliphatic carbocycles. The second-order valence-corrected chi connectivity index (χ2v) is 4.42. The topological polar surface area (TPSA) is 58.3 Å². The van der Waals surface area contributed by atoms with Crippen LogP contribution in [0.2, 0.25) is 0 Å². The molecule has 2 rings (SSSR count). The highest BCUT2D eigenvalue weighted by Gasteiger charge is 2.21. The monoisotopic (exact) mass is 204 g/mol. The Hall–Kier alpha value is -1.78. The second kappa shape index (κ2) is 3.42. The lowest BCUT2D eigenvalue weighted by molar-refractivity contribution is -0.753. The number of nitrogens with one attached hydrogen (secondary N) is 1. The van der Waals surface area contributed by atoms with Gasteiger partial charge in [-0.2, -0.15) is 4.57 Å². The molecule has 0 radical (unpaired) electrons. The van der Waals surface area contributed by atoms with Crippen molar-refractivity contribution in [2.24, 2.45) is 0 Å². The molecular weight excluding hydrogens is 190 g/mol. The average Bonchev–Trinajstić information content (AvgIpc) is 2.69. The van der Waals surface area contributed by atoms with Crippen molar-refractivity contribution in [1.29, 1.82) is 0 Å². The maximum Gasteiger partial charge on any atom is 0.185 e. The zero-order valence-corrected chi connectivity index (χ0v) is 9.10. The van der Waals surface area contributed by atoms with Crippen LogP contribution in [0.4, 0.5) is 0 Å². The van der Waals surface area contributed by atoms with Gasteiger partial charge in [0, 0.05) is 26.8 Å². The van der Waals surface area contributed by atoms with Gasteiger partial charge in [0.05, 0.1) is 5.56 Å². The fourth-order valence-electron chi connectivity index (χ4n) is 1.31. The Morgan fingerprint density at radius 1 is 1.33 bits per heavy atom. The van der Waals surface area contributed by atoms with Crippen molar-refractivity contribution in [3.05, 3.63) is 24.5 Å². The predicted octanol–water partition coefficient (Wildman–Crippen LogP) is 0.909. The highest BCUT2D eigenvalue weighted by atomic mass is 15.5. The van der Waals surface area contributed by atoms with Gasteiger partial charge in [0.15, 0.2) is 23.8 Å². The SMILES string of the molecule is CC(C)(C)[n+]1cccc(-c2nnn[nH]2)c1. The number of aromatic amines is 1. The summed E-state index contributed by atoms with van der Waals surface area (Å²) in [6.45, 7) is 6.44. The quantitative estimate of drug-likeness (QED) is 0.702. The lowest BCUT2D eigenvalue weighted by Gasteiger charge is -2.12.